The third-order valence-electron chi connectivity index (χ3n) is 2.15. The van der Waals surface area contributed by atoms with Gasteiger partial charge in [-0.1, -0.05) is 6.07 Å². The third-order valence-corrected chi connectivity index (χ3v) is 2.15. The number of H-pyrrole nitrogens is 1. The van der Waals surface area contributed by atoms with E-state index < -0.39 is 0 Å². The molecule has 0 bridgehead atoms. The van der Waals surface area contributed by atoms with Crippen molar-refractivity contribution in [1.82, 2.24) is 9.97 Å². The minimum absolute atomic E-state index is 0.682. The second-order valence-corrected chi connectivity index (χ2v) is 3.13. The van der Waals surface area contributed by atoms with Gasteiger partial charge in [0.1, 0.15) is 5.82 Å². The number of rotatable bonds is 1. The molecule has 0 aliphatic heterocycles. The summed E-state index contributed by atoms with van der Waals surface area (Å²) in [5.41, 5.74) is 3.34. The molecule has 1 aromatic heterocycles. The van der Waals surface area contributed by atoms with Gasteiger partial charge in [0.05, 0.1) is 11.0 Å². The van der Waals surface area contributed by atoms with E-state index in [0.717, 1.165) is 28.7 Å². The van der Waals surface area contributed by atoms with Gasteiger partial charge in [-0.3, -0.25) is 4.79 Å². The van der Waals surface area contributed by atoms with E-state index in [4.69, 9.17) is 0 Å². The molecule has 3 heteroatoms. The molecule has 0 fully saturated rings. The number of imidazole rings is 1. The number of benzene rings is 1. The number of carbonyl (C=O) groups is 1. The first kappa shape index (κ1) is 7.98. The van der Waals surface area contributed by atoms with E-state index >= 15 is 0 Å². The molecule has 0 aliphatic carbocycles. The minimum atomic E-state index is 0.682. The van der Waals surface area contributed by atoms with Gasteiger partial charge < -0.3 is 4.98 Å². The fraction of sp³-hybridized carbons (Fsp3) is 0.200. The Balaban J connectivity index is 2.90. The van der Waals surface area contributed by atoms with Crippen LogP contribution in [-0.2, 0) is 0 Å². The van der Waals surface area contributed by atoms with Crippen LogP contribution in [0.2, 0.25) is 0 Å². The molecule has 66 valence electrons. The normalized spacial score (nSPS) is 10.6. The highest BCUT2D eigenvalue weighted by Crippen LogP contribution is 2.18. The monoisotopic (exact) mass is 174 g/mol. The molecule has 0 unspecified atom stereocenters. The number of aldehydes is 1. The lowest BCUT2D eigenvalue weighted by molar-refractivity contribution is 0.112. The average Bonchev–Trinajstić information content (AvgIpc) is 2.45. The minimum Gasteiger partial charge on any atom is -0.342 e. The Morgan fingerprint density at radius 3 is 2.85 bits per heavy atom. The van der Waals surface area contributed by atoms with Gasteiger partial charge >= 0.3 is 0 Å². The smallest absolute Gasteiger partial charge is 0.152 e. The maximum absolute atomic E-state index is 10.8. The lowest BCUT2D eigenvalue weighted by atomic mass is 10.1. The van der Waals surface area contributed by atoms with Gasteiger partial charge in [-0.25, -0.2) is 4.98 Å². The van der Waals surface area contributed by atoms with Crippen LogP contribution in [0.15, 0.2) is 12.1 Å². The topological polar surface area (TPSA) is 45.8 Å². The molecule has 2 aromatic rings. The molecule has 0 aliphatic rings. The Morgan fingerprint density at radius 1 is 1.38 bits per heavy atom. The maximum atomic E-state index is 10.8. The predicted octanol–water partition coefficient (Wildman–Crippen LogP) is 1.99. The lowest BCUT2D eigenvalue weighted by Crippen LogP contribution is -1.87. The van der Waals surface area contributed by atoms with E-state index in [9.17, 15) is 4.79 Å². The third kappa shape index (κ3) is 1.13. The van der Waals surface area contributed by atoms with E-state index in [2.05, 4.69) is 9.97 Å². The molecule has 0 atom stereocenters. The number of nitrogens with one attached hydrogen (secondary N) is 1. The van der Waals surface area contributed by atoms with Gasteiger partial charge in [0.15, 0.2) is 6.29 Å². The number of hydrogen-bond donors (Lipinski definition) is 1. The van der Waals surface area contributed by atoms with Crippen LogP contribution in [0.25, 0.3) is 11.0 Å². The van der Waals surface area contributed by atoms with E-state index in [1.165, 1.54) is 0 Å². The van der Waals surface area contributed by atoms with Crippen LogP contribution < -0.4 is 0 Å². The molecule has 2 rings (SSSR count). The summed E-state index contributed by atoms with van der Waals surface area (Å²) in [7, 11) is 0. The van der Waals surface area contributed by atoms with Crippen molar-refractivity contribution < 1.29 is 4.79 Å². The van der Waals surface area contributed by atoms with Gasteiger partial charge in [-0.15, -0.1) is 0 Å². The summed E-state index contributed by atoms with van der Waals surface area (Å²) in [6, 6.07) is 3.86. The van der Waals surface area contributed by atoms with Crippen LogP contribution in [0.4, 0.5) is 0 Å². The van der Waals surface area contributed by atoms with Crippen molar-refractivity contribution in [2.45, 2.75) is 13.8 Å². The summed E-state index contributed by atoms with van der Waals surface area (Å²) in [4.78, 5) is 18.1. The summed E-state index contributed by atoms with van der Waals surface area (Å²) < 4.78 is 0. The highest BCUT2D eigenvalue weighted by atomic mass is 16.1. The van der Waals surface area contributed by atoms with E-state index in [-0.39, 0.29) is 0 Å². The van der Waals surface area contributed by atoms with Crippen LogP contribution >= 0.6 is 0 Å². The van der Waals surface area contributed by atoms with Crippen molar-refractivity contribution in [3.8, 4) is 0 Å². The molecule has 13 heavy (non-hydrogen) atoms. The molecule has 1 N–H and O–H groups in total. The second kappa shape index (κ2) is 2.69. The Hall–Kier alpha value is -1.64. The van der Waals surface area contributed by atoms with E-state index in [0.29, 0.717) is 5.56 Å². The number of aromatic amines is 1. The molecule has 0 radical (unpaired) electrons. The molecule has 0 saturated heterocycles. The molecule has 0 amide bonds. The summed E-state index contributed by atoms with van der Waals surface area (Å²) in [6.45, 7) is 3.79. The number of nitrogens with zero attached hydrogens (tertiary/aromatic N) is 1. The first-order valence-electron chi connectivity index (χ1n) is 4.13. The first-order chi connectivity index (χ1) is 6.22. The van der Waals surface area contributed by atoms with Gasteiger partial charge in [-0.2, -0.15) is 0 Å². The maximum Gasteiger partial charge on any atom is 0.152 e. The van der Waals surface area contributed by atoms with Gasteiger partial charge in [0, 0.05) is 5.56 Å². The summed E-state index contributed by atoms with van der Waals surface area (Å²) in [6.07, 6.45) is 0.859. The Bertz CT molecular complexity index is 471. The van der Waals surface area contributed by atoms with Crippen LogP contribution in [0, 0.1) is 13.8 Å². The van der Waals surface area contributed by atoms with Crippen molar-refractivity contribution in [3.05, 3.63) is 29.1 Å². The van der Waals surface area contributed by atoms with Crippen molar-refractivity contribution >= 4 is 17.3 Å². The van der Waals surface area contributed by atoms with Crippen LogP contribution in [0.3, 0.4) is 0 Å². The molecule has 0 spiro atoms. The summed E-state index contributed by atoms with van der Waals surface area (Å²) in [5, 5.41) is 0. The second-order valence-electron chi connectivity index (χ2n) is 3.13. The van der Waals surface area contributed by atoms with Gasteiger partial charge in [0.2, 0.25) is 0 Å². The molecule has 3 nitrogen and oxygen atoms in total. The van der Waals surface area contributed by atoms with Gasteiger partial charge in [-0.05, 0) is 25.5 Å². The highest BCUT2D eigenvalue weighted by Gasteiger charge is 2.06. The Labute approximate surface area is 75.8 Å². The van der Waals surface area contributed by atoms with Crippen molar-refractivity contribution in [2.24, 2.45) is 0 Å². The van der Waals surface area contributed by atoms with Gasteiger partial charge in [0.25, 0.3) is 0 Å². The first-order valence-corrected chi connectivity index (χ1v) is 4.13. The molecule has 0 saturated carbocycles. The zero-order valence-electron chi connectivity index (χ0n) is 7.59. The lowest BCUT2D eigenvalue weighted by Gasteiger charge is -1.97. The molecular formula is C10H10N2O. The number of carbonyl (C=O) groups excluding carboxylic acids is 1. The highest BCUT2D eigenvalue weighted by molar-refractivity contribution is 5.95. The Kier molecular flexibility index (Phi) is 1.65. The zero-order chi connectivity index (χ0) is 9.42. The quantitative estimate of drug-likeness (QED) is 0.672. The van der Waals surface area contributed by atoms with Crippen LogP contribution in [0.1, 0.15) is 21.7 Å². The van der Waals surface area contributed by atoms with E-state index in [1.54, 1.807) is 0 Å². The molecule has 1 heterocycles. The number of hydrogen-bond acceptors (Lipinski definition) is 2. The van der Waals surface area contributed by atoms with E-state index in [1.807, 2.05) is 26.0 Å². The SMILES string of the molecule is Cc1nc2c(C=O)c(C)ccc2[nH]1. The van der Waals surface area contributed by atoms with Crippen molar-refractivity contribution in [3.63, 3.8) is 0 Å². The van der Waals surface area contributed by atoms with Crippen molar-refractivity contribution in [2.75, 3.05) is 0 Å². The fourth-order valence-corrected chi connectivity index (χ4v) is 1.47. The fourth-order valence-electron chi connectivity index (χ4n) is 1.47. The number of aryl methyl sites for hydroxylation is 2. The predicted molar refractivity (Wildman–Crippen MR) is 51.0 cm³/mol. The number of aromatic nitrogens is 2. The summed E-state index contributed by atoms with van der Waals surface area (Å²) >= 11 is 0. The van der Waals surface area contributed by atoms with Crippen LogP contribution in [-0.4, -0.2) is 16.3 Å². The average molecular weight is 174 g/mol. The zero-order valence-corrected chi connectivity index (χ0v) is 7.59. The number of fused-ring (bicyclic) bond motifs is 1. The molecule has 1 aromatic carbocycles. The largest absolute Gasteiger partial charge is 0.342 e. The summed E-state index contributed by atoms with van der Waals surface area (Å²) in [5.74, 6) is 0.837. The molecular weight excluding hydrogens is 164 g/mol. The standard InChI is InChI=1S/C10H10N2O/c1-6-3-4-9-10(8(6)5-13)12-7(2)11-9/h3-5H,1-2H3,(H,11,12). The van der Waals surface area contributed by atoms with Crippen molar-refractivity contribution in [1.29, 1.82) is 0 Å². The Morgan fingerprint density at radius 2 is 2.15 bits per heavy atom. The van der Waals surface area contributed by atoms with Crippen LogP contribution in [0.5, 0.6) is 0 Å².